The Bertz CT molecular complexity index is 152. The molecule has 0 aliphatic carbocycles. The van der Waals surface area contributed by atoms with Gasteiger partial charge in [0.05, 0.1) is 17.9 Å². The smallest absolute Gasteiger partial charge is 0.149 e. The maximum Gasteiger partial charge on any atom is 0.149 e. The average Bonchev–Trinajstić information content (AvgIpc) is 2.47. The Labute approximate surface area is 72.8 Å². The highest BCUT2D eigenvalue weighted by Crippen LogP contribution is 2.22. The van der Waals surface area contributed by atoms with Gasteiger partial charge >= 0.3 is 0 Å². The molecule has 4 heteroatoms. The topological polar surface area (TPSA) is 41.9 Å². The van der Waals surface area contributed by atoms with Crippen molar-refractivity contribution in [2.45, 2.75) is 45.4 Å². The van der Waals surface area contributed by atoms with Crippen LogP contribution in [0.2, 0.25) is 0 Å². The first kappa shape index (κ1) is 9.45. The van der Waals surface area contributed by atoms with Gasteiger partial charge in [0.1, 0.15) is 6.23 Å². The highest BCUT2D eigenvalue weighted by Gasteiger charge is 2.32. The molecule has 1 fully saturated rings. The zero-order valence-corrected chi connectivity index (χ0v) is 7.69. The predicted molar refractivity (Wildman–Crippen MR) is 46.4 cm³/mol. The maximum atomic E-state index is 10.5. The molecule has 1 aliphatic heterocycles. The lowest BCUT2D eigenvalue weighted by Crippen LogP contribution is -2.31. The zero-order valence-electron chi connectivity index (χ0n) is 7.69. The molecule has 70 valence electrons. The summed E-state index contributed by atoms with van der Waals surface area (Å²) < 4.78 is 5.43. The van der Waals surface area contributed by atoms with Gasteiger partial charge in [0, 0.05) is 0 Å². The summed E-state index contributed by atoms with van der Waals surface area (Å²) in [5, 5.41) is 4.56. The van der Waals surface area contributed by atoms with Crippen LogP contribution in [0.1, 0.15) is 33.1 Å². The van der Waals surface area contributed by atoms with E-state index in [-0.39, 0.29) is 12.3 Å². The number of hydrogen-bond donors (Lipinski definition) is 0. The van der Waals surface area contributed by atoms with E-state index in [4.69, 9.17) is 4.74 Å². The lowest BCUT2D eigenvalue weighted by atomic mass is 10.2. The molecule has 0 aromatic heterocycles. The van der Waals surface area contributed by atoms with Gasteiger partial charge < -0.3 is 4.74 Å². The Balaban J connectivity index is 2.49. The SMILES string of the molecule is CCCC1OCC(CC)N1N=O. The predicted octanol–water partition coefficient (Wildman–Crippen LogP) is 1.90. The summed E-state index contributed by atoms with van der Waals surface area (Å²) in [6, 6.07) is 0.194. The van der Waals surface area contributed by atoms with Crippen LogP contribution >= 0.6 is 0 Å². The van der Waals surface area contributed by atoms with Gasteiger partial charge in [-0.25, -0.2) is 5.01 Å². The van der Waals surface area contributed by atoms with Crippen LogP contribution < -0.4 is 0 Å². The van der Waals surface area contributed by atoms with Crippen molar-refractivity contribution < 1.29 is 4.74 Å². The molecule has 1 aliphatic rings. The first-order valence-electron chi connectivity index (χ1n) is 4.56. The van der Waals surface area contributed by atoms with Crippen molar-refractivity contribution >= 4 is 0 Å². The Morgan fingerprint density at radius 3 is 2.83 bits per heavy atom. The Morgan fingerprint density at radius 1 is 1.58 bits per heavy atom. The van der Waals surface area contributed by atoms with E-state index in [1.54, 1.807) is 5.01 Å². The van der Waals surface area contributed by atoms with Gasteiger partial charge in [-0.1, -0.05) is 20.3 Å². The minimum atomic E-state index is -0.0718. The molecular weight excluding hydrogens is 156 g/mol. The second-order valence-corrected chi connectivity index (χ2v) is 3.10. The third-order valence-corrected chi connectivity index (χ3v) is 2.25. The molecule has 0 saturated carbocycles. The summed E-state index contributed by atoms with van der Waals surface area (Å²) in [4.78, 5) is 10.5. The summed E-state index contributed by atoms with van der Waals surface area (Å²) in [6.45, 7) is 4.76. The highest BCUT2D eigenvalue weighted by molar-refractivity contribution is 4.76. The molecule has 0 amide bonds. The van der Waals surface area contributed by atoms with Crippen molar-refractivity contribution in [3.8, 4) is 0 Å². The second-order valence-electron chi connectivity index (χ2n) is 3.10. The van der Waals surface area contributed by atoms with Crippen molar-refractivity contribution in [1.82, 2.24) is 5.01 Å². The number of nitroso groups, excluding NO2 is 1. The van der Waals surface area contributed by atoms with Crippen molar-refractivity contribution in [2.75, 3.05) is 6.61 Å². The number of rotatable bonds is 4. The van der Waals surface area contributed by atoms with Gasteiger partial charge in [-0.05, 0) is 12.8 Å². The largest absolute Gasteiger partial charge is 0.355 e. The summed E-state index contributed by atoms with van der Waals surface area (Å²) in [5.74, 6) is 0. The van der Waals surface area contributed by atoms with Crippen molar-refractivity contribution in [3.63, 3.8) is 0 Å². The molecule has 12 heavy (non-hydrogen) atoms. The Morgan fingerprint density at radius 2 is 2.33 bits per heavy atom. The van der Waals surface area contributed by atoms with Crippen LogP contribution in [0, 0.1) is 4.91 Å². The molecule has 0 aromatic carbocycles. The number of ether oxygens (including phenoxy) is 1. The molecule has 0 spiro atoms. The second kappa shape index (κ2) is 4.40. The lowest BCUT2D eigenvalue weighted by Gasteiger charge is -2.19. The third-order valence-electron chi connectivity index (χ3n) is 2.25. The molecule has 2 unspecified atom stereocenters. The zero-order chi connectivity index (χ0) is 8.97. The van der Waals surface area contributed by atoms with E-state index >= 15 is 0 Å². The molecule has 4 nitrogen and oxygen atoms in total. The molecule has 1 saturated heterocycles. The molecule has 0 radical (unpaired) electrons. The number of nitrogens with zero attached hydrogens (tertiary/aromatic N) is 2. The third kappa shape index (κ3) is 1.75. The monoisotopic (exact) mass is 172 g/mol. The molecule has 0 aromatic rings. The van der Waals surface area contributed by atoms with Gasteiger partial charge in [-0.15, -0.1) is 4.91 Å². The van der Waals surface area contributed by atoms with Crippen LogP contribution in [0.4, 0.5) is 0 Å². The highest BCUT2D eigenvalue weighted by atomic mass is 16.5. The quantitative estimate of drug-likeness (QED) is 0.608. The summed E-state index contributed by atoms with van der Waals surface area (Å²) in [5.41, 5.74) is 0. The van der Waals surface area contributed by atoms with E-state index in [0.717, 1.165) is 19.3 Å². The van der Waals surface area contributed by atoms with E-state index in [2.05, 4.69) is 12.2 Å². The minimum absolute atomic E-state index is 0.0718. The van der Waals surface area contributed by atoms with Gasteiger partial charge in [-0.3, -0.25) is 0 Å². The fraction of sp³-hybridized carbons (Fsp3) is 1.00. The maximum absolute atomic E-state index is 10.5. The molecule has 2 atom stereocenters. The first-order chi connectivity index (χ1) is 5.83. The van der Waals surface area contributed by atoms with Gasteiger partial charge in [0.15, 0.2) is 0 Å². The molecule has 0 bridgehead atoms. The summed E-state index contributed by atoms with van der Waals surface area (Å²) >= 11 is 0. The Kier molecular flexibility index (Phi) is 3.47. The van der Waals surface area contributed by atoms with E-state index in [9.17, 15) is 4.91 Å². The van der Waals surface area contributed by atoms with E-state index < -0.39 is 0 Å². The lowest BCUT2D eigenvalue weighted by molar-refractivity contribution is 0.0235. The van der Waals surface area contributed by atoms with E-state index in [1.807, 2.05) is 6.92 Å². The van der Waals surface area contributed by atoms with Crippen molar-refractivity contribution in [1.29, 1.82) is 0 Å². The number of hydrogen-bond acceptors (Lipinski definition) is 3. The van der Waals surface area contributed by atoms with Gasteiger partial charge in [0.2, 0.25) is 0 Å². The van der Waals surface area contributed by atoms with Crippen LogP contribution in [0.3, 0.4) is 0 Å². The summed E-state index contributed by atoms with van der Waals surface area (Å²) in [7, 11) is 0. The van der Waals surface area contributed by atoms with Gasteiger partial charge in [0.25, 0.3) is 0 Å². The molecule has 1 rings (SSSR count). The molecular formula is C8H16N2O2. The van der Waals surface area contributed by atoms with Crippen LogP contribution in [-0.4, -0.2) is 23.9 Å². The molecule has 0 N–H and O–H groups in total. The standard InChI is InChI=1S/C8H16N2O2/c1-3-5-8-10(9-11)7(4-2)6-12-8/h7-8H,3-6H2,1-2H3. The summed E-state index contributed by atoms with van der Waals surface area (Å²) in [6.07, 6.45) is 2.76. The van der Waals surface area contributed by atoms with Crippen molar-refractivity contribution in [3.05, 3.63) is 4.91 Å². The minimum Gasteiger partial charge on any atom is -0.355 e. The first-order valence-corrected chi connectivity index (χ1v) is 4.56. The van der Waals surface area contributed by atoms with Crippen LogP contribution in [-0.2, 0) is 4.74 Å². The van der Waals surface area contributed by atoms with Gasteiger partial charge in [-0.2, -0.15) is 0 Å². The fourth-order valence-electron chi connectivity index (χ4n) is 1.50. The van der Waals surface area contributed by atoms with Crippen LogP contribution in [0.15, 0.2) is 5.29 Å². The van der Waals surface area contributed by atoms with E-state index in [0.29, 0.717) is 6.61 Å². The van der Waals surface area contributed by atoms with Crippen LogP contribution in [0.5, 0.6) is 0 Å². The van der Waals surface area contributed by atoms with E-state index in [1.165, 1.54) is 0 Å². The fourth-order valence-corrected chi connectivity index (χ4v) is 1.50. The average molecular weight is 172 g/mol. The molecule has 1 heterocycles. The normalized spacial score (nSPS) is 29.3. The Hall–Kier alpha value is -0.640. The van der Waals surface area contributed by atoms with Crippen molar-refractivity contribution in [2.24, 2.45) is 5.29 Å². The van der Waals surface area contributed by atoms with Crippen LogP contribution in [0.25, 0.3) is 0 Å².